The molecule has 0 saturated heterocycles. The summed E-state index contributed by atoms with van der Waals surface area (Å²) in [4.78, 5) is 21.7. The van der Waals surface area contributed by atoms with Crippen LogP contribution in [0.4, 0.5) is 0 Å². The number of carbonyl (C=O) groups excluding carboxylic acids is 2. The summed E-state index contributed by atoms with van der Waals surface area (Å²) in [5, 5.41) is 58.1. The maximum Gasteiger partial charge on any atom is 0.182 e. The number of nitriles is 8. The Morgan fingerprint density at radius 3 is 0.769 bits per heavy atom. The van der Waals surface area contributed by atoms with E-state index in [2.05, 4.69) is 0 Å². The lowest BCUT2D eigenvalue weighted by Gasteiger charge is -2.04. The monoisotopic (exact) mass is 344 g/mol. The quantitative estimate of drug-likeness (QED) is 0.569. The van der Waals surface area contributed by atoms with Crippen molar-refractivity contribution in [1.82, 2.24) is 0 Å². The minimum absolute atomic E-state index is 0.0582. The molecule has 10 nitrogen and oxygen atoms in total. The average Bonchev–Trinajstić information content (AvgIpc) is 2.69. The van der Waals surface area contributed by atoms with E-state index in [-0.39, 0.29) is 11.6 Å². The zero-order valence-corrected chi connectivity index (χ0v) is 13.5. The van der Waals surface area contributed by atoms with Crippen molar-refractivity contribution in [2.24, 2.45) is 0 Å². The molecule has 26 heavy (non-hydrogen) atoms. The van der Waals surface area contributed by atoms with E-state index in [1.54, 1.807) is 13.8 Å². The highest BCUT2D eigenvalue weighted by molar-refractivity contribution is 6.19. The Bertz CT molecular complexity index is 716. The molecule has 0 spiro atoms. The molecule has 10 heteroatoms. The number of hydrogen-bond acceptors (Lipinski definition) is 10. The smallest absolute Gasteiger partial charge is 0.182 e. The first-order valence-corrected chi connectivity index (χ1v) is 5.86. The fourth-order valence-electron chi connectivity index (χ4n) is 0.771. The molecule has 0 amide bonds. The van der Waals surface area contributed by atoms with Crippen LogP contribution in [0.3, 0.4) is 0 Å². The summed E-state index contributed by atoms with van der Waals surface area (Å²) in [5.74, 6) is -0.116. The van der Waals surface area contributed by atoms with Crippen LogP contribution in [-0.2, 0) is 9.59 Å². The van der Waals surface area contributed by atoms with Gasteiger partial charge in [-0.2, -0.15) is 42.1 Å². The molecule has 124 valence electrons. The molecule has 0 atom stereocenters. The van der Waals surface area contributed by atoms with Crippen molar-refractivity contribution >= 4 is 11.6 Å². The van der Waals surface area contributed by atoms with Gasteiger partial charge in [0.2, 0.25) is 0 Å². The molecule has 1 rings (SSSR count). The largest absolute Gasteiger partial charge is 0.290 e. The fraction of sp³-hybridized carbons (Fsp3) is 0.125. The summed E-state index contributed by atoms with van der Waals surface area (Å²) in [7, 11) is 0. The van der Waals surface area contributed by atoms with Crippen molar-refractivity contribution in [3.63, 3.8) is 0 Å². The molecule has 0 aromatic heterocycles. The van der Waals surface area contributed by atoms with E-state index in [4.69, 9.17) is 42.1 Å². The third kappa shape index (κ3) is 23.8. The van der Waals surface area contributed by atoms with Gasteiger partial charge in [-0.3, -0.25) is 9.59 Å². The molecule has 0 unspecified atom stereocenters. The number of allylic oxidation sites excluding steroid dienone is 4. The predicted octanol–water partition coefficient (Wildman–Crippen LogP) is 1.17. The Hall–Kier alpha value is -5.26. The van der Waals surface area contributed by atoms with Crippen LogP contribution in [0.1, 0.15) is 13.8 Å². The van der Waals surface area contributed by atoms with Gasteiger partial charge in [0, 0.05) is 11.1 Å². The maximum atomic E-state index is 10.9. The van der Waals surface area contributed by atoms with Crippen LogP contribution in [0.5, 0.6) is 0 Å². The topological polar surface area (TPSA) is 224 Å². The van der Waals surface area contributed by atoms with Crippen molar-refractivity contribution in [1.29, 1.82) is 42.1 Å². The van der Waals surface area contributed by atoms with Crippen LogP contribution >= 0.6 is 0 Å². The van der Waals surface area contributed by atoms with E-state index in [0.29, 0.717) is 11.1 Å². The van der Waals surface area contributed by atoms with Gasteiger partial charge in [-0.25, -0.2) is 0 Å². The summed E-state index contributed by atoms with van der Waals surface area (Å²) in [6, 6.07) is 9.89. The zero-order valence-electron chi connectivity index (χ0n) is 13.5. The van der Waals surface area contributed by atoms with E-state index >= 15 is 0 Å². The third-order valence-corrected chi connectivity index (χ3v) is 1.89. The minimum Gasteiger partial charge on any atom is -0.290 e. The molecule has 0 saturated carbocycles. The van der Waals surface area contributed by atoms with Crippen LogP contribution in [0.15, 0.2) is 23.3 Å². The second kappa shape index (κ2) is 24.7. The predicted molar refractivity (Wildman–Crippen MR) is 82.4 cm³/mol. The lowest BCUT2D eigenvalue weighted by molar-refractivity contribution is -0.115. The Balaban J connectivity index is -0.000000129. The Morgan fingerprint density at radius 2 is 0.654 bits per heavy atom. The molecule has 0 radical (unpaired) electrons. The highest BCUT2D eigenvalue weighted by atomic mass is 16.1. The Morgan fingerprint density at radius 1 is 0.500 bits per heavy atom. The summed E-state index contributed by atoms with van der Waals surface area (Å²) < 4.78 is 0. The summed E-state index contributed by atoms with van der Waals surface area (Å²) in [5.41, 5.74) is 1.13. The maximum absolute atomic E-state index is 10.9. The van der Waals surface area contributed by atoms with Gasteiger partial charge in [0.1, 0.15) is 0 Å². The molecule has 0 aromatic rings. The number of rotatable bonds is 0. The van der Waals surface area contributed by atoms with E-state index < -0.39 is 0 Å². The molecule has 0 aromatic carbocycles. The van der Waals surface area contributed by atoms with Gasteiger partial charge in [-0.05, 0) is 26.0 Å². The van der Waals surface area contributed by atoms with Gasteiger partial charge in [0.15, 0.2) is 60.1 Å². The SMILES string of the molecule is CC1=C(C)C(=O)C=CC1=O.N#CC#N.N#CC#N.N#CC#N.N#CC#N. The van der Waals surface area contributed by atoms with Crippen LogP contribution in [0.25, 0.3) is 0 Å². The second-order valence-electron chi connectivity index (χ2n) is 3.21. The summed E-state index contributed by atoms with van der Waals surface area (Å²) >= 11 is 0. The highest BCUT2D eigenvalue weighted by Gasteiger charge is 2.14. The van der Waals surface area contributed by atoms with E-state index in [1.807, 2.05) is 0 Å². The fourth-order valence-corrected chi connectivity index (χ4v) is 0.771. The van der Waals surface area contributed by atoms with Gasteiger partial charge in [0.25, 0.3) is 0 Å². The number of ketones is 2. The molecule has 0 bridgehead atoms. The highest BCUT2D eigenvalue weighted by Crippen LogP contribution is 2.11. The van der Waals surface area contributed by atoms with E-state index in [9.17, 15) is 9.59 Å². The molecule has 0 N–H and O–H groups in total. The summed E-state index contributed by atoms with van der Waals surface area (Å²) in [6.07, 6.45) is 2.62. The van der Waals surface area contributed by atoms with Crippen molar-refractivity contribution in [3.05, 3.63) is 23.3 Å². The van der Waals surface area contributed by atoms with Crippen LogP contribution in [0.2, 0.25) is 0 Å². The normalized spacial score (nSPS) is 8.69. The van der Waals surface area contributed by atoms with Gasteiger partial charge in [-0.15, -0.1) is 0 Å². The van der Waals surface area contributed by atoms with Crippen molar-refractivity contribution in [3.8, 4) is 48.6 Å². The van der Waals surface area contributed by atoms with Gasteiger partial charge >= 0.3 is 0 Å². The van der Waals surface area contributed by atoms with Gasteiger partial charge in [0.05, 0.1) is 0 Å². The molecular weight excluding hydrogens is 336 g/mol. The van der Waals surface area contributed by atoms with Crippen molar-refractivity contribution in [2.75, 3.05) is 0 Å². The van der Waals surface area contributed by atoms with Gasteiger partial charge in [-0.1, -0.05) is 0 Å². The first-order valence-electron chi connectivity index (χ1n) is 5.86. The van der Waals surface area contributed by atoms with Crippen molar-refractivity contribution in [2.45, 2.75) is 13.8 Å². The van der Waals surface area contributed by atoms with Crippen LogP contribution in [0, 0.1) is 90.6 Å². The number of carbonyl (C=O) groups is 2. The Kier molecular flexibility index (Phi) is 27.4. The lowest BCUT2D eigenvalue weighted by Crippen LogP contribution is -2.09. The van der Waals surface area contributed by atoms with Crippen molar-refractivity contribution < 1.29 is 9.59 Å². The first-order chi connectivity index (χ1) is 12.3. The Labute approximate surface area is 149 Å². The van der Waals surface area contributed by atoms with Crippen LogP contribution < -0.4 is 0 Å². The molecular formula is C16H8N8O2. The average molecular weight is 344 g/mol. The lowest BCUT2D eigenvalue weighted by atomic mass is 9.98. The number of hydrogen-bond donors (Lipinski definition) is 0. The molecule has 1 aliphatic rings. The van der Waals surface area contributed by atoms with E-state index in [1.165, 1.54) is 60.7 Å². The molecule has 0 heterocycles. The third-order valence-electron chi connectivity index (χ3n) is 1.89. The summed E-state index contributed by atoms with van der Waals surface area (Å²) in [6.45, 7) is 3.33. The van der Waals surface area contributed by atoms with E-state index in [0.717, 1.165) is 0 Å². The van der Waals surface area contributed by atoms with Gasteiger partial charge < -0.3 is 0 Å². The zero-order chi connectivity index (χ0) is 21.4. The standard InChI is InChI=1S/C8H8O2.4C2N2/c1-5-6(2)8(10)4-3-7(5)9;4*3-1-2-4/h3-4H,1-2H3;;;;. The van der Waals surface area contributed by atoms with Crippen LogP contribution in [-0.4, -0.2) is 11.6 Å². The molecule has 1 aliphatic carbocycles. The minimum atomic E-state index is -0.0582. The second-order valence-corrected chi connectivity index (χ2v) is 3.21. The number of nitrogens with zero attached hydrogens (tertiary/aromatic N) is 8. The first kappa shape index (κ1) is 28.8. The molecule has 0 fully saturated rings. The molecule has 0 aliphatic heterocycles.